The summed E-state index contributed by atoms with van der Waals surface area (Å²) >= 11 is 0. The number of hydrogen-bond donors (Lipinski definition) is 1. The molecule has 17 heavy (non-hydrogen) atoms. The third kappa shape index (κ3) is 3.46. The Morgan fingerprint density at radius 1 is 1.47 bits per heavy atom. The minimum Gasteiger partial charge on any atom is -0.445 e. The van der Waals surface area contributed by atoms with Gasteiger partial charge in [0.2, 0.25) is 0 Å². The SMILES string of the molecule is CNC(=O)OC1CCN(Cc2ccccc2)C1. The number of alkyl carbamates (subject to hydrolysis) is 1. The first-order valence-corrected chi connectivity index (χ1v) is 5.92. The summed E-state index contributed by atoms with van der Waals surface area (Å²) in [4.78, 5) is 13.4. The number of hydrogen-bond acceptors (Lipinski definition) is 3. The zero-order valence-corrected chi connectivity index (χ0v) is 10.1. The lowest BCUT2D eigenvalue weighted by atomic mass is 10.2. The Balaban J connectivity index is 1.80. The standard InChI is InChI=1S/C13H18N2O2/c1-14-13(16)17-12-7-8-15(10-12)9-11-5-3-2-4-6-11/h2-6,12H,7-10H2,1H3,(H,14,16). The van der Waals surface area contributed by atoms with Gasteiger partial charge >= 0.3 is 6.09 Å². The molecule has 1 atom stereocenters. The molecule has 1 aliphatic rings. The summed E-state index contributed by atoms with van der Waals surface area (Å²) in [5.41, 5.74) is 1.30. The van der Waals surface area contributed by atoms with Crippen LogP contribution in [-0.2, 0) is 11.3 Å². The number of amides is 1. The molecule has 0 aromatic heterocycles. The van der Waals surface area contributed by atoms with E-state index in [2.05, 4.69) is 22.3 Å². The van der Waals surface area contributed by atoms with Gasteiger partial charge in [0.05, 0.1) is 0 Å². The smallest absolute Gasteiger partial charge is 0.407 e. The van der Waals surface area contributed by atoms with Crippen molar-refractivity contribution < 1.29 is 9.53 Å². The van der Waals surface area contributed by atoms with Gasteiger partial charge in [0.25, 0.3) is 0 Å². The molecule has 4 heteroatoms. The largest absolute Gasteiger partial charge is 0.445 e. The summed E-state index contributed by atoms with van der Waals surface area (Å²) in [7, 11) is 1.58. The highest BCUT2D eigenvalue weighted by Gasteiger charge is 2.25. The van der Waals surface area contributed by atoms with E-state index in [-0.39, 0.29) is 12.2 Å². The maximum absolute atomic E-state index is 11.1. The maximum atomic E-state index is 11.1. The van der Waals surface area contributed by atoms with Crippen LogP contribution in [0.25, 0.3) is 0 Å². The van der Waals surface area contributed by atoms with Gasteiger partial charge < -0.3 is 10.1 Å². The molecule has 1 unspecified atom stereocenters. The van der Waals surface area contributed by atoms with E-state index < -0.39 is 0 Å². The van der Waals surface area contributed by atoms with Crippen molar-refractivity contribution >= 4 is 6.09 Å². The Morgan fingerprint density at radius 3 is 2.94 bits per heavy atom. The number of nitrogens with one attached hydrogen (secondary N) is 1. The van der Waals surface area contributed by atoms with Gasteiger partial charge in [0.1, 0.15) is 6.10 Å². The van der Waals surface area contributed by atoms with Gasteiger partial charge in [-0.15, -0.1) is 0 Å². The van der Waals surface area contributed by atoms with Crippen LogP contribution in [0.1, 0.15) is 12.0 Å². The first-order valence-electron chi connectivity index (χ1n) is 5.92. The molecular weight excluding hydrogens is 216 g/mol. The molecular formula is C13H18N2O2. The zero-order chi connectivity index (χ0) is 12.1. The molecule has 1 aromatic rings. The van der Waals surface area contributed by atoms with Crippen molar-refractivity contribution in [1.82, 2.24) is 10.2 Å². The Kier molecular flexibility index (Phi) is 3.98. The summed E-state index contributed by atoms with van der Waals surface area (Å²) in [6.45, 7) is 2.73. The molecule has 0 radical (unpaired) electrons. The Hall–Kier alpha value is -1.55. The second-order valence-electron chi connectivity index (χ2n) is 4.29. The highest BCUT2D eigenvalue weighted by Crippen LogP contribution is 2.15. The van der Waals surface area contributed by atoms with Gasteiger partial charge in [-0.3, -0.25) is 4.90 Å². The highest BCUT2D eigenvalue weighted by molar-refractivity contribution is 5.66. The van der Waals surface area contributed by atoms with Crippen LogP contribution < -0.4 is 5.32 Å². The van der Waals surface area contributed by atoms with E-state index in [0.29, 0.717) is 0 Å². The van der Waals surface area contributed by atoms with Crippen molar-refractivity contribution in [3.8, 4) is 0 Å². The van der Waals surface area contributed by atoms with E-state index in [9.17, 15) is 4.79 Å². The molecule has 0 aliphatic carbocycles. The van der Waals surface area contributed by atoms with Crippen LogP contribution in [0.3, 0.4) is 0 Å². The quantitative estimate of drug-likeness (QED) is 0.864. The predicted octanol–water partition coefficient (Wildman–Crippen LogP) is 1.62. The van der Waals surface area contributed by atoms with Crippen LogP contribution in [0.15, 0.2) is 30.3 Å². The second-order valence-corrected chi connectivity index (χ2v) is 4.29. The number of ether oxygens (including phenoxy) is 1. The highest BCUT2D eigenvalue weighted by atomic mass is 16.6. The predicted molar refractivity (Wildman–Crippen MR) is 65.7 cm³/mol. The van der Waals surface area contributed by atoms with E-state index in [4.69, 9.17) is 4.74 Å². The van der Waals surface area contributed by atoms with Gasteiger partial charge in [-0.25, -0.2) is 4.79 Å². The minimum absolute atomic E-state index is 0.0265. The molecule has 1 fully saturated rings. The van der Waals surface area contributed by atoms with E-state index in [0.717, 1.165) is 26.1 Å². The van der Waals surface area contributed by atoms with Crippen LogP contribution in [0.5, 0.6) is 0 Å². The van der Waals surface area contributed by atoms with Crippen LogP contribution in [0.4, 0.5) is 4.79 Å². The summed E-state index contributed by atoms with van der Waals surface area (Å²) in [6, 6.07) is 10.3. The van der Waals surface area contributed by atoms with Crippen molar-refractivity contribution in [2.45, 2.75) is 19.1 Å². The van der Waals surface area contributed by atoms with Crippen LogP contribution >= 0.6 is 0 Å². The average molecular weight is 234 g/mol. The normalized spacial score (nSPS) is 20.2. The Bertz CT molecular complexity index is 367. The van der Waals surface area contributed by atoms with E-state index in [1.807, 2.05) is 18.2 Å². The van der Waals surface area contributed by atoms with E-state index in [1.54, 1.807) is 7.05 Å². The fourth-order valence-electron chi connectivity index (χ4n) is 2.09. The molecule has 1 saturated heterocycles. The van der Waals surface area contributed by atoms with Gasteiger partial charge in [0, 0.05) is 26.7 Å². The van der Waals surface area contributed by atoms with Crippen molar-refractivity contribution in [1.29, 1.82) is 0 Å². The lowest BCUT2D eigenvalue weighted by Gasteiger charge is -2.16. The third-order valence-corrected chi connectivity index (χ3v) is 2.96. The molecule has 1 heterocycles. The van der Waals surface area contributed by atoms with Gasteiger partial charge in [-0.2, -0.15) is 0 Å². The Labute approximate surface area is 102 Å². The van der Waals surface area contributed by atoms with Crippen LogP contribution in [0.2, 0.25) is 0 Å². The molecule has 0 bridgehead atoms. The molecule has 1 aliphatic heterocycles. The number of likely N-dealkylation sites (tertiary alicyclic amines) is 1. The first-order chi connectivity index (χ1) is 8.28. The lowest BCUT2D eigenvalue weighted by molar-refractivity contribution is 0.102. The minimum atomic E-state index is -0.337. The summed E-state index contributed by atoms with van der Waals surface area (Å²) in [5, 5.41) is 2.48. The van der Waals surface area contributed by atoms with Crippen molar-refractivity contribution in [2.75, 3.05) is 20.1 Å². The van der Waals surface area contributed by atoms with E-state index in [1.165, 1.54) is 5.56 Å². The number of rotatable bonds is 3. The topological polar surface area (TPSA) is 41.6 Å². The third-order valence-electron chi connectivity index (χ3n) is 2.96. The second kappa shape index (κ2) is 5.68. The van der Waals surface area contributed by atoms with Crippen molar-refractivity contribution in [3.05, 3.63) is 35.9 Å². The number of benzene rings is 1. The molecule has 1 aromatic carbocycles. The zero-order valence-electron chi connectivity index (χ0n) is 10.1. The van der Waals surface area contributed by atoms with Crippen molar-refractivity contribution in [3.63, 3.8) is 0 Å². The molecule has 1 N–H and O–H groups in total. The van der Waals surface area contributed by atoms with E-state index >= 15 is 0 Å². The van der Waals surface area contributed by atoms with Crippen LogP contribution in [0, 0.1) is 0 Å². The summed E-state index contributed by atoms with van der Waals surface area (Å²) in [5.74, 6) is 0. The fraction of sp³-hybridized carbons (Fsp3) is 0.462. The molecule has 4 nitrogen and oxygen atoms in total. The average Bonchev–Trinajstić information content (AvgIpc) is 2.77. The Morgan fingerprint density at radius 2 is 2.24 bits per heavy atom. The first kappa shape index (κ1) is 11.9. The van der Waals surface area contributed by atoms with Gasteiger partial charge in [-0.05, 0) is 12.0 Å². The number of nitrogens with zero attached hydrogens (tertiary/aromatic N) is 1. The van der Waals surface area contributed by atoms with Crippen LogP contribution in [-0.4, -0.2) is 37.2 Å². The maximum Gasteiger partial charge on any atom is 0.407 e. The van der Waals surface area contributed by atoms with Gasteiger partial charge in [-0.1, -0.05) is 30.3 Å². The summed E-state index contributed by atoms with van der Waals surface area (Å²) in [6.07, 6.45) is 0.607. The lowest BCUT2D eigenvalue weighted by Crippen LogP contribution is -2.28. The molecule has 1 amide bonds. The molecule has 0 spiro atoms. The number of carbonyl (C=O) groups is 1. The summed E-state index contributed by atoms with van der Waals surface area (Å²) < 4.78 is 5.24. The molecule has 0 saturated carbocycles. The molecule has 2 rings (SSSR count). The van der Waals surface area contributed by atoms with Crippen molar-refractivity contribution in [2.24, 2.45) is 0 Å². The monoisotopic (exact) mass is 234 g/mol. The van der Waals surface area contributed by atoms with Gasteiger partial charge in [0.15, 0.2) is 0 Å². The fourth-order valence-corrected chi connectivity index (χ4v) is 2.09. The molecule has 92 valence electrons. The number of carbonyl (C=O) groups excluding carboxylic acids is 1.